The molecule has 0 aromatic carbocycles. The Morgan fingerprint density at radius 1 is 1.26 bits per heavy atom. The molecule has 0 saturated heterocycles. The van der Waals surface area contributed by atoms with Crippen LogP contribution in [0.15, 0.2) is 51.0 Å². The lowest BCUT2D eigenvalue weighted by Gasteiger charge is -1.96. The highest BCUT2D eigenvalue weighted by Crippen LogP contribution is 2.20. The minimum absolute atomic E-state index is 0.358. The van der Waals surface area contributed by atoms with E-state index in [0.717, 1.165) is 10.6 Å². The summed E-state index contributed by atoms with van der Waals surface area (Å²) in [7, 11) is 0. The fourth-order valence-electron chi connectivity index (χ4n) is 1.75. The van der Waals surface area contributed by atoms with Gasteiger partial charge in [-0.1, -0.05) is 6.07 Å². The average Bonchev–Trinajstić information content (AvgIpc) is 3.11. The Morgan fingerprint density at radius 2 is 2.21 bits per heavy atom. The van der Waals surface area contributed by atoms with Gasteiger partial charge in [-0.15, -0.1) is 11.3 Å². The molecule has 0 bridgehead atoms. The van der Waals surface area contributed by atoms with Crippen molar-refractivity contribution < 1.29 is 13.9 Å². The summed E-state index contributed by atoms with van der Waals surface area (Å²) in [5.41, 5.74) is 0.358. The van der Waals surface area contributed by atoms with Crippen LogP contribution < -0.4 is 0 Å². The molecular formula is C14H11NO3S. The predicted octanol–water partition coefficient (Wildman–Crippen LogP) is 3.27. The fourth-order valence-corrected chi connectivity index (χ4v) is 2.40. The molecule has 1 aliphatic heterocycles. The van der Waals surface area contributed by atoms with E-state index in [1.54, 1.807) is 23.7 Å². The van der Waals surface area contributed by atoms with Crippen molar-refractivity contribution in [1.82, 2.24) is 0 Å². The van der Waals surface area contributed by atoms with Crippen molar-refractivity contribution in [1.29, 1.82) is 0 Å². The summed E-state index contributed by atoms with van der Waals surface area (Å²) in [6.45, 7) is 0. The van der Waals surface area contributed by atoms with Gasteiger partial charge >= 0.3 is 5.97 Å². The summed E-state index contributed by atoms with van der Waals surface area (Å²) >= 11 is 1.56. The summed E-state index contributed by atoms with van der Waals surface area (Å²) in [6, 6.07) is 7.58. The summed E-state index contributed by atoms with van der Waals surface area (Å²) in [6.07, 6.45) is 4.60. The fraction of sp³-hybridized carbons (Fsp3) is 0.143. The molecular weight excluding hydrogens is 262 g/mol. The van der Waals surface area contributed by atoms with Gasteiger partial charge in [0.15, 0.2) is 11.6 Å². The topological polar surface area (TPSA) is 51.8 Å². The van der Waals surface area contributed by atoms with Gasteiger partial charge in [-0.3, -0.25) is 0 Å². The molecule has 0 atom stereocenters. The Bertz CT molecular complexity index is 624. The molecule has 0 saturated carbocycles. The normalized spacial score (nSPS) is 16.7. The van der Waals surface area contributed by atoms with Crippen molar-refractivity contribution in [2.24, 2.45) is 4.99 Å². The number of hydrogen-bond donors (Lipinski definition) is 0. The van der Waals surface area contributed by atoms with Crippen LogP contribution in [-0.4, -0.2) is 11.9 Å². The van der Waals surface area contributed by atoms with Crippen LogP contribution in [0.2, 0.25) is 0 Å². The number of esters is 1. The van der Waals surface area contributed by atoms with Gasteiger partial charge in [0, 0.05) is 17.7 Å². The second-order valence-electron chi connectivity index (χ2n) is 4.02. The van der Waals surface area contributed by atoms with Gasteiger partial charge in [0.05, 0.1) is 6.26 Å². The number of hydrogen-bond acceptors (Lipinski definition) is 5. The van der Waals surface area contributed by atoms with E-state index in [9.17, 15) is 4.79 Å². The van der Waals surface area contributed by atoms with Crippen LogP contribution in [0, 0.1) is 0 Å². The minimum atomic E-state index is -0.386. The van der Waals surface area contributed by atoms with Gasteiger partial charge in [-0.2, -0.15) is 0 Å². The van der Waals surface area contributed by atoms with E-state index in [1.807, 2.05) is 29.6 Å². The van der Waals surface area contributed by atoms with Gasteiger partial charge in [0.1, 0.15) is 5.76 Å². The highest BCUT2D eigenvalue weighted by atomic mass is 32.1. The van der Waals surface area contributed by atoms with Crippen LogP contribution in [0.5, 0.6) is 0 Å². The molecule has 0 radical (unpaired) electrons. The largest absolute Gasteiger partial charge is 0.469 e. The van der Waals surface area contributed by atoms with Crippen molar-refractivity contribution in [3.63, 3.8) is 0 Å². The average molecular weight is 273 g/mol. The third-order valence-electron chi connectivity index (χ3n) is 2.65. The Kier molecular flexibility index (Phi) is 3.29. The van der Waals surface area contributed by atoms with Crippen LogP contribution >= 0.6 is 11.3 Å². The molecule has 96 valence electrons. The third kappa shape index (κ3) is 2.82. The van der Waals surface area contributed by atoms with Gasteiger partial charge in [0.25, 0.3) is 0 Å². The van der Waals surface area contributed by atoms with E-state index in [1.165, 1.54) is 0 Å². The lowest BCUT2D eigenvalue weighted by molar-refractivity contribution is -0.130. The molecule has 0 amide bonds. The second-order valence-corrected chi connectivity index (χ2v) is 5.00. The van der Waals surface area contributed by atoms with Crippen LogP contribution in [0.1, 0.15) is 17.1 Å². The van der Waals surface area contributed by atoms with Crippen LogP contribution in [0.3, 0.4) is 0 Å². The molecule has 0 fully saturated rings. The lowest BCUT2D eigenvalue weighted by Crippen LogP contribution is -2.04. The summed E-state index contributed by atoms with van der Waals surface area (Å²) in [5, 5.41) is 1.95. The molecule has 2 aromatic heterocycles. The number of aliphatic imine (C=N–C) groups is 1. The Hall–Kier alpha value is -2.14. The molecule has 19 heavy (non-hydrogen) atoms. The minimum Gasteiger partial charge on any atom is -0.469 e. The maximum Gasteiger partial charge on any atom is 0.363 e. The van der Waals surface area contributed by atoms with Crippen LogP contribution in [0.25, 0.3) is 6.08 Å². The molecule has 1 aliphatic rings. The zero-order valence-corrected chi connectivity index (χ0v) is 10.9. The van der Waals surface area contributed by atoms with Crippen molar-refractivity contribution in [2.75, 3.05) is 0 Å². The van der Waals surface area contributed by atoms with E-state index in [-0.39, 0.29) is 5.97 Å². The molecule has 3 heterocycles. The van der Waals surface area contributed by atoms with Gasteiger partial charge in [0.2, 0.25) is 0 Å². The highest BCUT2D eigenvalue weighted by molar-refractivity contribution is 7.10. The maximum atomic E-state index is 11.6. The van der Waals surface area contributed by atoms with Gasteiger partial charge in [-0.25, -0.2) is 9.79 Å². The number of thiophene rings is 1. The molecule has 0 unspecified atom stereocenters. The van der Waals surface area contributed by atoms with Gasteiger partial charge in [-0.05, 0) is 29.7 Å². The zero-order chi connectivity index (χ0) is 13.1. The van der Waals surface area contributed by atoms with Crippen LogP contribution in [0.4, 0.5) is 0 Å². The van der Waals surface area contributed by atoms with Crippen LogP contribution in [-0.2, 0) is 16.0 Å². The van der Waals surface area contributed by atoms with Crippen molar-refractivity contribution in [3.8, 4) is 0 Å². The smallest absolute Gasteiger partial charge is 0.363 e. The molecule has 0 N–H and O–H groups in total. The standard InChI is InChI=1S/C14H11NO3S/c16-14-12(9-11-4-2-8-19-11)15-13(18-14)6-5-10-3-1-7-17-10/h1-4,7-9H,5-6H2/b12-9+. The predicted molar refractivity (Wildman–Crippen MR) is 72.9 cm³/mol. The first-order valence-electron chi connectivity index (χ1n) is 5.88. The third-order valence-corrected chi connectivity index (χ3v) is 3.47. The Morgan fingerprint density at radius 3 is 2.95 bits per heavy atom. The van der Waals surface area contributed by atoms with Crippen molar-refractivity contribution in [2.45, 2.75) is 12.8 Å². The maximum absolute atomic E-state index is 11.6. The van der Waals surface area contributed by atoms with E-state index in [4.69, 9.17) is 9.15 Å². The van der Waals surface area contributed by atoms with Crippen molar-refractivity contribution >= 4 is 29.3 Å². The molecule has 0 aliphatic carbocycles. The van der Waals surface area contributed by atoms with E-state index < -0.39 is 0 Å². The van der Waals surface area contributed by atoms with E-state index >= 15 is 0 Å². The molecule has 3 rings (SSSR count). The monoisotopic (exact) mass is 273 g/mol. The Balaban J connectivity index is 1.69. The quantitative estimate of drug-likeness (QED) is 0.634. The van der Waals surface area contributed by atoms with Crippen molar-refractivity contribution in [3.05, 3.63) is 52.2 Å². The summed E-state index contributed by atoms with van der Waals surface area (Å²) in [4.78, 5) is 16.9. The van der Waals surface area contributed by atoms with Gasteiger partial charge < -0.3 is 9.15 Å². The first kappa shape index (κ1) is 11.9. The Labute approximate surface area is 114 Å². The second kappa shape index (κ2) is 5.24. The molecule has 0 spiro atoms. The molecule has 5 heteroatoms. The number of rotatable bonds is 4. The first-order chi connectivity index (χ1) is 9.31. The zero-order valence-electron chi connectivity index (χ0n) is 10.0. The summed E-state index contributed by atoms with van der Waals surface area (Å²) in [5.74, 6) is 0.918. The first-order valence-corrected chi connectivity index (χ1v) is 6.76. The number of aryl methyl sites for hydroxylation is 1. The number of ether oxygens (including phenoxy) is 1. The number of cyclic esters (lactones) is 1. The number of nitrogens with zero attached hydrogens (tertiary/aromatic N) is 1. The highest BCUT2D eigenvalue weighted by Gasteiger charge is 2.22. The number of carbonyl (C=O) groups is 1. The molecule has 4 nitrogen and oxygen atoms in total. The lowest BCUT2D eigenvalue weighted by atomic mass is 10.2. The molecule has 2 aromatic rings. The summed E-state index contributed by atoms with van der Waals surface area (Å²) < 4.78 is 10.4. The number of furan rings is 1. The number of carbonyl (C=O) groups excluding carboxylic acids is 1. The van der Waals surface area contributed by atoms with E-state index in [2.05, 4.69) is 4.99 Å². The SMILES string of the molecule is O=C1OC(CCc2ccco2)=N/C1=C/c1cccs1. The van der Waals surface area contributed by atoms with E-state index in [0.29, 0.717) is 24.4 Å².